The first kappa shape index (κ1) is 18.8. The molecule has 1 aliphatic carbocycles. The van der Waals surface area contributed by atoms with Crippen molar-refractivity contribution in [2.24, 2.45) is 5.92 Å². The summed E-state index contributed by atoms with van der Waals surface area (Å²) in [6.07, 6.45) is 2.08. The van der Waals surface area contributed by atoms with Gasteiger partial charge in [-0.3, -0.25) is 0 Å². The van der Waals surface area contributed by atoms with Crippen LogP contribution in [0.5, 0.6) is 0 Å². The lowest BCUT2D eigenvalue weighted by Crippen LogP contribution is -2.28. The summed E-state index contributed by atoms with van der Waals surface area (Å²) in [6, 6.07) is 8.65. The van der Waals surface area contributed by atoms with Gasteiger partial charge in [0.2, 0.25) is 0 Å². The molecule has 1 saturated heterocycles. The zero-order valence-corrected chi connectivity index (χ0v) is 16.9. The van der Waals surface area contributed by atoms with E-state index in [0.29, 0.717) is 22.8 Å². The van der Waals surface area contributed by atoms with Gasteiger partial charge < -0.3 is 19.8 Å². The molecule has 6 nitrogen and oxygen atoms in total. The van der Waals surface area contributed by atoms with Gasteiger partial charge in [-0.15, -0.1) is 0 Å². The maximum Gasteiger partial charge on any atom is 0.163 e. The number of hydrogen-bond acceptors (Lipinski definition) is 5. The number of hydrogen-bond donors (Lipinski definition) is 1. The molecule has 1 aromatic carbocycles. The molecular formula is C21H22ClFN4O2. The van der Waals surface area contributed by atoms with E-state index in [9.17, 15) is 0 Å². The Balaban J connectivity index is 1.53. The summed E-state index contributed by atoms with van der Waals surface area (Å²) in [5.41, 5.74) is 7.30. The van der Waals surface area contributed by atoms with Crippen LogP contribution in [0.2, 0.25) is 5.02 Å². The van der Waals surface area contributed by atoms with Crippen molar-refractivity contribution < 1.29 is 13.9 Å². The van der Waals surface area contributed by atoms with E-state index in [1.165, 1.54) is 6.33 Å². The zero-order chi connectivity index (χ0) is 20.3. The second-order valence-corrected chi connectivity index (χ2v) is 8.64. The Kier molecular flexibility index (Phi) is 4.31. The summed E-state index contributed by atoms with van der Waals surface area (Å²) >= 11 is 5.97. The first-order valence-corrected chi connectivity index (χ1v) is 10.0. The van der Waals surface area contributed by atoms with Gasteiger partial charge in [-0.1, -0.05) is 23.7 Å². The van der Waals surface area contributed by atoms with Crippen LogP contribution in [-0.4, -0.2) is 32.5 Å². The minimum Gasteiger partial charge on any atom is -0.383 e. The van der Waals surface area contributed by atoms with Crippen LogP contribution in [0.25, 0.3) is 11.0 Å². The van der Waals surface area contributed by atoms with Crippen molar-refractivity contribution >= 4 is 28.5 Å². The molecule has 2 N–H and O–H groups in total. The average molecular weight is 417 g/mol. The molecule has 3 aromatic rings. The lowest BCUT2D eigenvalue weighted by atomic mass is 9.93. The Morgan fingerprint density at radius 1 is 1.17 bits per heavy atom. The van der Waals surface area contributed by atoms with Crippen molar-refractivity contribution in [3.05, 3.63) is 53.4 Å². The highest BCUT2D eigenvalue weighted by atomic mass is 35.5. The number of nitrogen functional groups attached to an aromatic ring is 1. The predicted molar refractivity (Wildman–Crippen MR) is 108 cm³/mol. The number of nitrogens with two attached hydrogens (primary N) is 1. The summed E-state index contributed by atoms with van der Waals surface area (Å²) in [7, 11) is 0. The van der Waals surface area contributed by atoms with Crippen molar-refractivity contribution in [3.8, 4) is 0 Å². The second kappa shape index (κ2) is 6.65. The molecule has 0 amide bonds. The maximum absolute atomic E-state index is 15.6. The molecule has 1 aliphatic heterocycles. The second-order valence-electron chi connectivity index (χ2n) is 8.20. The van der Waals surface area contributed by atoms with E-state index < -0.39 is 12.0 Å². The van der Waals surface area contributed by atoms with Crippen LogP contribution >= 0.6 is 11.6 Å². The third-order valence-electron chi connectivity index (χ3n) is 5.94. The van der Waals surface area contributed by atoms with Crippen molar-refractivity contribution in [2.75, 3.05) is 5.73 Å². The summed E-state index contributed by atoms with van der Waals surface area (Å²) in [5.74, 6) is -0.707. The molecule has 152 valence electrons. The minimum atomic E-state index is -1.19. The molecule has 5 atom stereocenters. The molecule has 8 heteroatoms. The minimum absolute atomic E-state index is 0.121. The van der Waals surface area contributed by atoms with Crippen LogP contribution in [-0.2, 0) is 9.47 Å². The smallest absolute Gasteiger partial charge is 0.163 e. The third kappa shape index (κ3) is 3.08. The largest absolute Gasteiger partial charge is 0.383 e. The van der Waals surface area contributed by atoms with Crippen molar-refractivity contribution in [3.63, 3.8) is 0 Å². The van der Waals surface area contributed by atoms with Crippen LogP contribution in [0.15, 0.2) is 42.9 Å². The molecule has 3 heterocycles. The van der Waals surface area contributed by atoms with Gasteiger partial charge >= 0.3 is 0 Å². The van der Waals surface area contributed by atoms with Gasteiger partial charge in [-0.2, -0.15) is 0 Å². The highest BCUT2D eigenvalue weighted by molar-refractivity contribution is 6.30. The fourth-order valence-corrected chi connectivity index (χ4v) is 4.83. The van der Waals surface area contributed by atoms with Gasteiger partial charge in [0, 0.05) is 17.1 Å². The quantitative estimate of drug-likeness (QED) is 0.682. The van der Waals surface area contributed by atoms with Gasteiger partial charge in [0.15, 0.2) is 5.79 Å². The molecule has 1 saturated carbocycles. The topological polar surface area (TPSA) is 75.2 Å². The zero-order valence-electron chi connectivity index (χ0n) is 16.1. The molecule has 0 spiro atoms. The Hall–Kier alpha value is -2.22. The van der Waals surface area contributed by atoms with Crippen LogP contribution in [0.3, 0.4) is 0 Å². The number of alkyl halides is 1. The van der Waals surface area contributed by atoms with E-state index in [2.05, 4.69) is 9.97 Å². The van der Waals surface area contributed by atoms with Crippen LogP contribution in [0, 0.1) is 5.92 Å². The number of anilines is 1. The molecule has 1 unspecified atom stereocenters. The molecule has 2 aliphatic rings. The summed E-state index contributed by atoms with van der Waals surface area (Å²) in [6.45, 7) is 3.73. The number of aromatic nitrogens is 3. The monoisotopic (exact) mass is 416 g/mol. The fourth-order valence-electron chi connectivity index (χ4n) is 4.70. The lowest BCUT2D eigenvalue weighted by molar-refractivity contribution is -0.163. The van der Waals surface area contributed by atoms with Crippen LogP contribution < -0.4 is 5.73 Å². The normalized spacial score (nSPS) is 29.2. The number of benzene rings is 1. The highest BCUT2D eigenvalue weighted by Crippen LogP contribution is 2.52. The molecule has 2 fully saturated rings. The number of nitrogens with zero attached hydrogens (tertiary/aromatic N) is 3. The number of rotatable bonds is 3. The highest BCUT2D eigenvalue weighted by Gasteiger charge is 2.57. The predicted octanol–water partition coefficient (Wildman–Crippen LogP) is 4.46. The first-order chi connectivity index (χ1) is 13.8. The summed E-state index contributed by atoms with van der Waals surface area (Å²) < 4.78 is 30.0. The Morgan fingerprint density at radius 2 is 1.90 bits per heavy atom. The van der Waals surface area contributed by atoms with Crippen molar-refractivity contribution in [1.82, 2.24) is 14.5 Å². The summed E-state index contributed by atoms with van der Waals surface area (Å²) in [5, 5.41) is 1.36. The average Bonchev–Trinajstić information content (AvgIpc) is 3.33. The molecule has 2 aromatic heterocycles. The van der Waals surface area contributed by atoms with E-state index in [1.807, 2.05) is 30.7 Å². The fraction of sp³-hybridized carbons (Fsp3) is 0.429. The first-order valence-electron chi connectivity index (χ1n) is 9.66. The van der Waals surface area contributed by atoms with Crippen molar-refractivity contribution in [1.29, 1.82) is 0 Å². The van der Waals surface area contributed by atoms with E-state index >= 15 is 4.39 Å². The van der Waals surface area contributed by atoms with Gasteiger partial charge in [0.1, 0.15) is 30.1 Å². The van der Waals surface area contributed by atoms with Crippen LogP contribution in [0.1, 0.15) is 38.0 Å². The van der Waals surface area contributed by atoms with Gasteiger partial charge in [0.05, 0.1) is 17.5 Å². The maximum atomic E-state index is 15.6. The molecule has 29 heavy (non-hydrogen) atoms. The lowest BCUT2D eigenvalue weighted by Gasteiger charge is -2.26. The summed E-state index contributed by atoms with van der Waals surface area (Å²) in [4.78, 5) is 8.46. The SMILES string of the molecule is CC1(C)O[C@@H]2[C@H](O1)[C@@H](C(F)c1ccc(Cl)cc1)C[C@H]2n1ccc2c(N)ncnc21. The van der Waals surface area contributed by atoms with Crippen LogP contribution in [0.4, 0.5) is 10.2 Å². The van der Waals surface area contributed by atoms with Gasteiger partial charge in [0.25, 0.3) is 0 Å². The molecular weight excluding hydrogens is 395 g/mol. The van der Waals surface area contributed by atoms with E-state index in [0.717, 1.165) is 11.0 Å². The Morgan fingerprint density at radius 3 is 2.66 bits per heavy atom. The third-order valence-corrected chi connectivity index (χ3v) is 6.19. The number of ether oxygens (including phenoxy) is 2. The number of halogens is 2. The van der Waals surface area contributed by atoms with Gasteiger partial charge in [-0.25, -0.2) is 14.4 Å². The van der Waals surface area contributed by atoms with E-state index in [1.54, 1.807) is 24.3 Å². The standard InChI is InChI=1S/C21H22ClFN4O2/c1-21(2)28-17-14(16(23)11-3-5-12(22)6-4-11)9-15(18(17)29-21)27-8-7-13-19(24)25-10-26-20(13)27/h3-8,10,14-18H,9H2,1-2H3,(H2,24,25,26)/t14-,15-,16?,17-,18+/m1/s1. The van der Waals surface area contributed by atoms with Gasteiger partial charge in [-0.05, 0) is 44.0 Å². The molecule has 0 bridgehead atoms. The Bertz CT molecular complexity index is 1050. The van der Waals surface area contributed by atoms with E-state index in [4.69, 9.17) is 26.8 Å². The Labute approximate surface area is 172 Å². The van der Waals surface area contributed by atoms with E-state index in [-0.39, 0.29) is 24.2 Å². The molecule has 5 rings (SSSR count). The molecule has 0 radical (unpaired) electrons. The number of fused-ring (bicyclic) bond motifs is 2. The van der Waals surface area contributed by atoms with Crippen molar-refractivity contribution in [2.45, 2.75) is 50.5 Å².